The van der Waals surface area contributed by atoms with Crippen LogP contribution in [0.3, 0.4) is 0 Å². The lowest BCUT2D eigenvalue weighted by Crippen LogP contribution is -2.04. The molecule has 0 fully saturated rings. The lowest BCUT2D eigenvalue weighted by atomic mass is 10.3. The number of ether oxygens (including phenoxy) is 1. The summed E-state index contributed by atoms with van der Waals surface area (Å²) in [6, 6.07) is 23.5. The van der Waals surface area contributed by atoms with Crippen LogP contribution in [0.1, 0.15) is 0 Å². The Balaban J connectivity index is 1.78. The quantitative estimate of drug-likeness (QED) is 0.352. The van der Waals surface area contributed by atoms with Gasteiger partial charge in [-0.25, -0.2) is 4.99 Å². The summed E-state index contributed by atoms with van der Waals surface area (Å²) in [7, 11) is 0. The van der Waals surface area contributed by atoms with E-state index < -0.39 is 0 Å². The van der Waals surface area contributed by atoms with Gasteiger partial charge in [0.2, 0.25) is 5.90 Å². The van der Waals surface area contributed by atoms with Gasteiger partial charge in [0.05, 0.1) is 5.69 Å². The van der Waals surface area contributed by atoms with Crippen molar-refractivity contribution < 1.29 is 4.74 Å². The molecule has 0 N–H and O–H groups in total. The van der Waals surface area contributed by atoms with Gasteiger partial charge < -0.3 is 4.74 Å². The van der Waals surface area contributed by atoms with Crippen LogP contribution in [0.4, 0.5) is 5.69 Å². The second kappa shape index (κ2) is 8.70. The number of hydrogen-bond donors (Lipinski definition) is 0. The van der Waals surface area contributed by atoms with E-state index in [-0.39, 0.29) is 0 Å². The molecule has 0 saturated carbocycles. The van der Waals surface area contributed by atoms with Crippen molar-refractivity contribution in [2.24, 2.45) is 4.99 Å². The molecule has 0 spiro atoms. The van der Waals surface area contributed by atoms with E-state index in [2.05, 4.69) is 22.1 Å². The molecule has 0 radical (unpaired) electrons. The molecule has 3 nitrogen and oxygen atoms in total. The summed E-state index contributed by atoms with van der Waals surface area (Å²) in [4.78, 5) is 9.71. The Morgan fingerprint density at radius 3 is 2.25 bits per heavy atom. The lowest BCUT2D eigenvalue weighted by Gasteiger charge is -2.05. The highest BCUT2D eigenvalue weighted by atomic mass is 32.2. The van der Waals surface area contributed by atoms with Crippen LogP contribution in [-0.4, -0.2) is 10.9 Å². The van der Waals surface area contributed by atoms with Crippen molar-refractivity contribution in [1.29, 1.82) is 0 Å². The molecule has 0 saturated heterocycles. The van der Waals surface area contributed by atoms with Gasteiger partial charge >= 0.3 is 0 Å². The summed E-state index contributed by atoms with van der Waals surface area (Å²) < 4.78 is 5.89. The summed E-state index contributed by atoms with van der Waals surface area (Å²) in [5, 5.41) is 1.97. The van der Waals surface area contributed by atoms with Gasteiger partial charge in [-0.15, -0.1) is 0 Å². The topological polar surface area (TPSA) is 34.5 Å². The molecule has 4 heteroatoms. The molecule has 24 heavy (non-hydrogen) atoms. The van der Waals surface area contributed by atoms with E-state index in [4.69, 9.17) is 4.74 Å². The number of para-hydroxylation sites is 1. The third-order valence-corrected chi connectivity index (χ3v) is 3.84. The number of aliphatic imine (C=N–C) groups is 1. The molecule has 0 unspecified atom stereocenters. The van der Waals surface area contributed by atoms with E-state index in [0.29, 0.717) is 5.90 Å². The number of thioether (sulfide) groups is 1. The van der Waals surface area contributed by atoms with E-state index >= 15 is 0 Å². The fraction of sp³-hybridized carbons (Fsp3) is 0. The van der Waals surface area contributed by atoms with Crippen LogP contribution in [0.15, 0.2) is 107 Å². The number of pyridine rings is 1. The van der Waals surface area contributed by atoms with Gasteiger partial charge in [0, 0.05) is 23.4 Å². The van der Waals surface area contributed by atoms with Crippen LogP contribution in [0.5, 0.6) is 5.75 Å². The number of rotatable bonds is 5. The summed E-state index contributed by atoms with van der Waals surface area (Å²) in [5.74, 6) is 1.27. The summed E-state index contributed by atoms with van der Waals surface area (Å²) in [6.07, 6.45) is 5.29. The molecule has 3 rings (SSSR count). The van der Waals surface area contributed by atoms with Crippen molar-refractivity contribution in [3.8, 4) is 5.75 Å². The normalized spacial score (nSPS) is 11.6. The van der Waals surface area contributed by atoms with Crippen LogP contribution in [0.2, 0.25) is 0 Å². The van der Waals surface area contributed by atoms with E-state index in [1.54, 1.807) is 24.2 Å². The van der Waals surface area contributed by atoms with Crippen LogP contribution in [-0.2, 0) is 0 Å². The first-order valence-electron chi connectivity index (χ1n) is 7.50. The maximum atomic E-state index is 5.89. The molecular weight excluding hydrogens is 316 g/mol. The minimum absolute atomic E-state index is 0.524. The van der Waals surface area contributed by atoms with E-state index in [0.717, 1.165) is 16.3 Å². The number of hydrogen-bond acceptors (Lipinski definition) is 4. The van der Waals surface area contributed by atoms with Crippen LogP contribution in [0.25, 0.3) is 0 Å². The third-order valence-electron chi connectivity index (χ3n) is 3.03. The van der Waals surface area contributed by atoms with E-state index in [1.807, 2.05) is 72.1 Å². The highest BCUT2D eigenvalue weighted by Crippen LogP contribution is 2.19. The molecule has 0 atom stereocenters. The molecule has 1 aromatic heterocycles. The second-order valence-corrected chi connectivity index (χ2v) is 5.78. The zero-order chi connectivity index (χ0) is 16.5. The van der Waals surface area contributed by atoms with Gasteiger partial charge in [0.1, 0.15) is 5.75 Å². The monoisotopic (exact) mass is 332 g/mol. The van der Waals surface area contributed by atoms with Gasteiger partial charge in [-0.1, -0.05) is 48.2 Å². The number of aromatic nitrogens is 1. The molecule has 118 valence electrons. The molecule has 2 aromatic carbocycles. The van der Waals surface area contributed by atoms with Crippen LogP contribution in [0, 0.1) is 0 Å². The smallest absolute Gasteiger partial charge is 0.220 e. The molecule has 0 aliphatic carbocycles. The van der Waals surface area contributed by atoms with Crippen molar-refractivity contribution in [2.45, 2.75) is 4.90 Å². The molecule has 0 aliphatic rings. The zero-order valence-electron chi connectivity index (χ0n) is 12.9. The average Bonchev–Trinajstić information content (AvgIpc) is 2.64. The fourth-order valence-electron chi connectivity index (χ4n) is 1.92. The second-order valence-electron chi connectivity index (χ2n) is 4.80. The molecule has 0 bridgehead atoms. The van der Waals surface area contributed by atoms with Crippen molar-refractivity contribution in [1.82, 2.24) is 4.98 Å². The first kappa shape index (κ1) is 16.0. The number of benzene rings is 2. The Morgan fingerprint density at radius 1 is 0.875 bits per heavy atom. The molecule has 0 amide bonds. The van der Waals surface area contributed by atoms with Crippen LogP contribution < -0.4 is 4.74 Å². The largest absolute Gasteiger partial charge is 0.439 e. The highest BCUT2D eigenvalue weighted by molar-refractivity contribution is 8.02. The molecule has 1 heterocycles. The minimum atomic E-state index is 0.524. The van der Waals surface area contributed by atoms with Crippen molar-refractivity contribution >= 4 is 23.3 Å². The predicted octanol–water partition coefficient (Wildman–Crippen LogP) is 5.50. The maximum Gasteiger partial charge on any atom is 0.220 e. The first-order valence-corrected chi connectivity index (χ1v) is 8.38. The zero-order valence-corrected chi connectivity index (χ0v) is 13.8. The summed E-state index contributed by atoms with van der Waals surface area (Å²) >= 11 is 1.62. The van der Waals surface area contributed by atoms with Gasteiger partial charge in [-0.2, -0.15) is 0 Å². The Kier molecular flexibility index (Phi) is 5.81. The standard InChI is InChI=1S/C20H16N2OS/c1-3-7-18(8-4-1)23-20(22-17-11-14-21-15-12-17)13-16-24-19-9-5-2-6-10-19/h1-16H. The van der Waals surface area contributed by atoms with Crippen molar-refractivity contribution in [2.75, 3.05) is 0 Å². The first-order chi connectivity index (χ1) is 11.9. The summed E-state index contributed by atoms with van der Waals surface area (Å²) in [6.45, 7) is 0. The Labute approximate surface area is 145 Å². The van der Waals surface area contributed by atoms with Gasteiger partial charge in [0.25, 0.3) is 0 Å². The molecular formula is C20H16N2OS. The third kappa shape index (κ3) is 5.11. The van der Waals surface area contributed by atoms with E-state index in [9.17, 15) is 0 Å². The van der Waals surface area contributed by atoms with E-state index in [1.165, 1.54) is 0 Å². The lowest BCUT2D eigenvalue weighted by molar-refractivity contribution is 0.556. The Hall–Kier alpha value is -2.85. The highest BCUT2D eigenvalue weighted by Gasteiger charge is 2.00. The number of nitrogens with zero attached hydrogens (tertiary/aromatic N) is 2. The molecule has 0 aliphatic heterocycles. The SMILES string of the molecule is C(=CC(=Nc1ccncc1)Oc1ccccc1)Sc1ccccc1. The molecule has 3 aromatic rings. The Bertz CT molecular complexity index is 803. The summed E-state index contributed by atoms with van der Waals surface area (Å²) in [5.41, 5.74) is 0.797. The van der Waals surface area contributed by atoms with Crippen molar-refractivity contribution in [3.63, 3.8) is 0 Å². The van der Waals surface area contributed by atoms with Crippen LogP contribution >= 0.6 is 11.8 Å². The predicted molar refractivity (Wildman–Crippen MR) is 99.8 cm³/mol. The van der Waals surface area contributed by atoms with Crippen molar-refractivity contribution in [3.05, 3.63) is 96.7 Å². The van der Waals surface area contributed by atoms with Gasteiger partial charge in [-0.3, -0.25) is 4.98 Å². The van der Waals surface area contributed by atoms with Gasteiger partial charge in [-0.05, 0) is 41.8 Å². The maximum absolute atomic E-state index is 5.89. The average molecular weight is 332 g/mol. The Morgan fingerprint density at radius 2 is 1.54 bits per heavy atom. The minimum Gasteiger partial charge on any atom is -0.439 e. The fourth-order valence-corrected chi connectivity index (χ4v) is 2.57. The van der Waals surface area contributed by atoms with Gasteiger partial charge in [0.15, 0.2) is 0 Å².